The van der Waals surface area contributed by atoms with Crippen molar-refractivity contribution >= 4 is 17.3 Å². The average Bonchev–Trinajstić information content (AvgIpc) is 3.12. The van der Waals surface area contributed by atoms with E-state index in [1.165, 1.54) is 4.88 Å². The molecule has 2 heterocycles. The molecule has 148 valence electrons. The SMILES string of the molecule is CCNC(=NCC(CCO)CC(C)C)N1CCN(Cc2cccs2)CC1. The molecule has 26 heavy (non-hydrogen) atoms. The van der Waals surface area contributed by atoms with Crippen LogP contribution in [0.4, 0.5) is 0 Å². The fraction of sp³-hybridized carbons (Fsp3) is 0.750. The van der Waals surface area contributed by atoms with Crippen LogP contribution in [-0.2, 0) is 6.54 Å². The summed E-state index contributed by atoms with van der Waals surface area (Å²) in [5.74, 6) is 2.15. The van der Waals surface area contributed by atoms with E-state index in [9.17, 15) is 5.11 Å². The molecular weight excluding hydrogens is 344 g/mol. The number of guanidine groups is 1. The van der Waals surface area contributed by atoms with E-state index in [0.29, 0.717) is 11.8 Å². The average molecular weight is 381 g/mol. The summed E-state index contributed by atoms with van der Waals surface area (Å²) in [6.07, 6.45) is 1.97. The van der Waals surface area contributed by atoms with Crippen molar-refractivity contribution in [3.63, 3.8) is 0 Å². The highest BCUT2D eigenvalue weighted by atomic mass is 32.1. The lowest BCUT2D eigenvalue weighted by Gasteiger charge is -2.36. The largest absolute Gasteiger partial charge is 0.396 e. The molecule has 1 aromatic rings. The van der Waals surface area contributed by atoms with Gasteiger partial charge in [-0.1, -0.05) is 19.9 Å². The predicted octanol–water partition coefficient (Wildman–Crippen LogP) is 2.88. The molecule has 0 bridgehead atoms. The van der Waals surface area contributed by atoms with Gasteiger partial charge in [-0.2, -0.15) is 0 Å². The second-order valence-corrected chi connectivity index (χ2v) is 8.58. The molecule has 1 aliphatic rings. The molecule has 0 spiro atoms. The Kier molecular flexibility index (Phi) is 9.43. The van der Waals surface area contributed by atoms with Gasteiger partial charge in [-0.3, -0.25) is 9.89 Å². The van der Waals surface area contributed by atoms with Crippen molar-refractivity contribution in [2.45, 2.75) is 40.2 Å². The lowest BCUT2D eigenvalue weighted by Crippen LogP contribution is -2.52. The molecule has 0 amide bonds. The third-order valence-electron chi connectivity index (χ3n) is 4.81. The van der Waals surface area contributed by atoms with Gasteiger partial charge in [0, 0.05) is 57.3 Å². The lowest BCUT2D eigenvalue weighted by atomic mass is 9.94. The number of piperazine rings is 1. The van der Waals surface area contributed by atoms with Crippen molar-refractivity contribution in [1.29, 1.82) is 0 Å². The minimum Gasteiger partial charge on any atom is -0.396 e. The van der Waals surface area contributed by atoms with Gasteiger partial charge in [-0.25, -0.2) is 0 Å². The second kappa shape index (κ2) is 11.6. The number of hydrogen-bond donors (Lipinski definition) is 2. The van der Waals surface area contributed by atoms with Gasteiger partial charge in [0.1, 0.15) is 0 Å². The minimum atomic E-state index is 0.255. The Labute approximate surface area is 163 Å². The molecule has 2 N–H and O–H groups in total. The molecule has 0 aliphatic carbocycles. The van der Waals surface area contributed by atoms with Crippen LogP contribution in [0.1, 0.15) is 38.5 Å². The molecule has 1 saturated heterocycles. The molecule has 1 unspecified atom stereocenters. The quantitative estimate of drug-likeness (QED) is 0.511. The van der Waals surface area contributed by atoms with Gasteiger partial charge in [-0.15, -0.1) is 11.3 Å². The van der Waals surface area contributed by atoms with Crippen molar-refractivity contribution in [2.24, 2.45) is 16.8 Å². The highest BCUT2D eigenvalue weighted by Crippen LogP contribution is 2.16. The molecular formula is C20H36N4OS. The Morgan fingerprint density at radius 2 is 2.08 bits per heavy atom. The van der Waals surface area contributed by atoms with E-state index in [-0.39, 0.29) is 6.61 Å². The molecule has 1 aromatic heterocycles. The van der Waals surface area contributed by atoms with Crippen LogP contribution in [0.25, 0.3) is 0 Å². The summed E-state index contributed by atoms with van der Waals surface area (Å²) in [4.78, 5) is 11.3. The van der Waals surface area contributed by atoms with Crippen molar-refractivity contribution < 1.29 is 5.11 Å². The number of hydrogen-bond acceptors (Lipinski definition) is 4. The molecule has 0 radical (unpaired) electrons. The van der Waals surface area contributed by atoms with E-state index < -0.39 is 0 Å². The second-order valence-electron chi connectivity index (χ2n) is 7.55. The highest BCUT2D eigenvalue weighted by molar-refractivity contribution is 7.09. The van der Waals surface area contributed by atoms with Gasteiger partial charge in [0.05, 0.1) is 0 Å². The Morgan fingerprint density at radius 1 is 1.31 bits per heavy atom. The zero-order chi connectivity index (χ0) is 18.8. The van der Waals surface area contributed by atoms with Crippen LogP contribution in [0, 0.1) is 11.8 Å². The van der Waals surface area contributed by atoms with E-state index in [1.54, 1.807) is 0 Å². The first kappa shape index (κ1) is 21.2. The summed E-state index contributed by atoms with van der Waals surface area (Å²) < 4.78 is 0. The number of thiophene rings is 1. The van der Waals surface area contributed by atoms with E-state index in [2.05, 4.69) is 53.4 Å². The number of aliphatic hydroxyl groups is 1. The summed E-state index contributed by atoms with van der Waals surface area (Å²) in [6, 6.07) is 4.35. The molecule has 1 aliphatic heterocycles. The maximum atomic E-state index is 9.32. The van der Waals surface area contributed by atoms with Crippen LogP contribution in [-0.4, -0.2) is 66.7 Å². The first-order valence-electron chi connectivity index (χ1n) is 10.0. The van der Waals surface area contributed by atoms with E-state index in [0.717, 1.165) is 64.6 Å². The summed E-state index contributed by atoms with van der Waals surface area (Å²) in [7, 11) is 0. The molecule has 5 nitrogen and oxygen atoms in total. The van der Waals surface area contributed by atoms with Crippen molar-refractivity contribution in [3.05, 3.63) is 22.4 Å². The topological polar surface area (TPSA) is 51.1 Å². The lowest BCUT2D eigenvalue weighted by molar-refractivity contribution is 0.173. The standard InChI is InChI=1S/C20H36N4OS/c1-4-21-20(22-15-18(7-12-25)14-17(2)3)24-10-8-23(9-11-24)16-19-6-5-13-26-19/h5-6,13,17-18,25H,4,7-12,14-16H2,1-3H3,(H,21,22). The summed E-state index contributed by atoms with van der Waals surface area (Å²) in [5.41, 5.74) is 0. The smallest absolute Gasteiger partial charge is 0.194 e. The maximum absolute atomic E-state index is 9.32. The predicted molar refractivity (Wildman–Crippen MR) is 112 cm³/mol. The molecule has 1 atom stereocenters. The van der Waals surface area contributed by atoms with E-state index in [1.807, 2.05) is 11.3 Å². The Bertz CT molecular complexity index is 510. The first-order valence-corrected chi connectivity index (χ1v) is 10.9. The molecule has 0 saturated carbocycles. The number of nitrogens with one attached hydrogen (secondary N) is 1. The van der Waals surface area contributed by atoms with Gasteiger partial charge < -0.3 is 15.3 Å². The summed E-state index contributed by atoms with van der Waals surface area (Å²) in [6.45, 7) is 13.8. The van der Waals surface area contributed by atoms with Crippen molar-refractivity contribution in [3.8, 4) is 0 Å². The normalized spacial score (nSPS) is 17.7. The van der Waals surface area contributed by atoms with E-state index in [4.69, 9.17) is 4.99 Å². The zero-order valence-corrected chi connectivity index (χ0v) is 17.5. The number of aliphatic imine (C=N–C) groups is 1. The van der Waals surface area contributed by atoms with Gasteiger partial charge in [-0.05, 0) is 43.0 Å². The van der Waals surface area contributed by atoms with Crippen molar-refractivity contribution in [1.82, 2.24) is 15.1 Å². The zero-order valence-electron chi connectivity index (χ0n) is 16.7. The van der Waals surface area contributed by atoms with Crippen LogP contribution >= 0.6 is 11.3 Å². The molecule has 2 rings (SSSR count). The maximum Gasteiger partial charge on any atom is 0.194 e. The number of nitrogens with zero attached hydrogens (tertiary/aromatic N) is 3. The first-order chi connectivity index (χ1) is 12.6. The number of aliphatic hydroxyl groups excluding tert-OH is 1. The van der Waals surface area contributed by atoms with Crippen LogP contribution in [0.15, 0.2) is 22.5 Å². The minimum absolute atomic E-state index is 0.255. The summed E-state index contributed by atoms with van der Waals surface area (Å²) in [5, 5.41) is 14.9. The Hall–Kier alpha value is -1.11. The molecule has 1 fully saturated rings. The highest BCUT2D eigenvalue weighted by Gasteiger charge is 2.20. The van der Waals surface area contributed by atoms with Crippen LogP contribution in [0.2, 0.25) is 0 Å². The third kappa shape index (κ3) is 7.25. The van der Waals surface area contributed by atoms with Crippen molar-refractivity contribution in [2.75, 3.05) is 45.9 Å². The molecule has 0 aromatic carbocycles. The Balaban J connectivity index is 1.87. The monoisotopic (exact) mass is 380 g/mol. The Morgan fingerprint density at radius 3 is 2.65 bits per heavy atom. The molecule has 6 heteroatoms. The van der Waals surface area contributed by atoms with Crippen LogP contribution in [0.5, 0.6) is 0 Å². The summed E-state index contributed by atoms with van der Waals surface area (Å²) >= 11 is 1.84. The van der Waals surface area contributed by atoms with Gasteiger partial charge in [0.15, 0.2) is 5.96 Å². The third-order valence-corrected chi connectivity index (χ3v) is 5.67. The van der Waals surface area contributed by atoms with Crippen LogP contribution < -0.4 is 5.32 Å². The number of rotatable bonds is 9. The fourth-order valence-corrected chi connectivity index (χ4v) is 4.26. The van der Waals surface area contributed by atoms with E-state index >= 15 is 0 Å². The van der Waals surface area contributed by atoms with Gasteiger partial charge in [0.25, 0.3) is 0 Å². The van der Waals surface area contributed by atoms with Crippen LogP contribution in [0.3, 0.4) is 0 Å². The fourth-order valence-electron chi connectivity index (χ4n) is 3.52. The van der Waals surface area contributed by atoms with Gasteiger partial charge >= 0.3 is 0 Å². The van der Waals surface area contributed by atoms with Gasteiger partial charge in [0.2, 0.25) is 0 Å².